The number of rotatable bonds is 6. The highest BCUT2D eigenvalue weighted by Crippen LogP contribution is 2.24. The van der Waals surface area contributed by atoms with Gasteiger partial charge in [-0.3, -0.25) is 4.79 Å². The van der Waals surface area contributed by atoms with E-state index in [9.17, 15) is 13.2 Å². The lowest BCUT2D eigenvalue weighted by Crippen LogP contribution is -2.31. The molecule has 7 nitrogen and oxygen atoms in total. The van der Waals surface area contributed by atoms with Crippen LogP contribution in [0.3, 0.4) is 0 Å². The molecule has 164 valence electrons. The van der Waals surface area contributed by atoms with Gasteiger partial charge in [-0.1, -0.05) is 23.7 Å². The van der Waals surface area contributed by atoms with Crippen LogP contribution in [0.25, 0.3) is 5.69 Å². The molecule has 0 saturated carbocycles. The zero-order valence-electron chi connectivity index (χ0n) is 17.8. The topological polar surface area (TPSA) is 98.3 Å². The summed E-state index contributed by atoms with van der Waals surface area (Å²) in [5.41, 5.74) is 4.07. The molecule has 1 atom stereocenters. The molecule has 1 amide bonds. The van der Waals surface area contributed by atoms with Crippen molar-refractivity contribution in [1.29, 1.82) is 0 Å². The molecular formula is C22H25ClN4O3S. The molecule has 3 rings (SSSR count). The minimum atomic E-state index is -3.81. The van der Waals surface area contributed by atoms with Crippen LogP contribution in [0.4, 0.5) is 0 Å². The molecule has 0 aliphatic carbocycles. The maximum absolute atomic E-state index is 13.0. The zero-order chi connectivity index (χ0) is 22.9. The molecule has 0 spiro atoms. The van der Waals surface area contributed by atoms with E-state index in [2.05, 4.69) is 5.10 Å². The minimum Gasteiger partial charge on any atom is -0.339 e. The van der Waals surface area contributed by atoms with Crippen molar-refractivity contribution in [1.82, 2.24) is 14.7 Å². The maximum atomic E-state index is 13.0. The van der Waals surface area contributed by atoms with Gasteiger partial charge in [-0.15, -0.1) is 0 Å². The molecule has 3 aromatic rings. The molecule has 1 unspecified atom stereocenters. The van der Waals surface area contributed by atoms with Crippen molar-refractivity contribution < 1.29 is 13.2 Å². The van der Waals surface area contributed by atoms with Gasteiger partial charge in [0.25, 0.3) is 0 Å². The quantitative estimate of drug-likeness (QED) is 0.608. The smallest absolute Gasteiger partial charge is 0.238 e. The largest absolute Gasteiger partial charge is 0.339 e. The second kappa shape index (κ2) is 8.82. The predicted octanol–water partition coefficient (Wildman–Crippen LogP) is 3.55. The van der Waals surface area contributed by atoms with Gasteiger partial charge in [-0.2, -0.15) is 5.10 Å². The number of likely N-dealkylation sites (N-methyl/N-ethyl adjacent to an activating group) is 1. The van der Waals surface area contributed by atoms with E-state index < -0.39 is 10.0 Å². The van der Waals surface area contributed by atoms with Crippen LogP contribution in [0.15, 0.2) is 53.4 Å². The highest BCUT2D eigenvalue weighted by atomic mass is 35.5. The monoisotopic (exact) mass is 460 g/mol. The molecule has 1 aromatic heterocycles. The fraction of sp³-hybridized carbons (Fsp3) is 0.273. The van der Waals surface area contributed by atoms with E-state index in [-0.39, 0.29) is 23.3 Å². The molecule has 31 heavy (non-hydrogen) atoms. The van der Waals surface area contributed by atoms with E-state index in [0.29, 0.717) is 10.6 Å². The van der Waals surface area contributed by atoms with Gasteiger partial charge in [0, 0.05) is 23.3 Å². The SMILES string of the molecule is Cc1nn(-c2ccc(Cl)cc2)c(C)c1CC(=O)N(C)C(C)c1cccc(S(N)(=O)=O)c1. The van der Waals surface area contributed by atoms with Crippen LogP contribution in [-0.2, 0) is 21.2 Å². The Balaban J connectivity index is 1.82. The van der Waals surface area contributed by atoms with Gasteiger partial charge in [-0.05, 0) is 62.7 Å². The number of halogens is 1. The van der Waals surface area contributed by atoms with Gasteiger partial charge in [-0.25, -0.2) is 18.2 Å². The Morgan fingerprint density at radius 2 is 1.84 bits per heavy atom. The normalized spacial score (nSPS) is 12.6. The van der Waals surface area contributed by atoms with E-state index in [0.717, 1.165) is 22.6 Å². The van der Waals surface area contributed by atoms with Crippen LogP contribution in [0.1, 0.15) is 35.5 Å². The molecule has 2 aromatic carbocycles. The number of sulfonamides is 1. The van der Waals surface area contributed by atoms with Crippen molar-refractivity contribution in [3.8, 4) is 5.69 Å². The lowest BCUT2D eigenvalue weighted by molar-refractivity contribution is -0.131. The van der Waals surface area contributed by atoms with E-state index >= 15 is 0 Å². The molecule has 9 heteroatoms. The Kier molecular flexibility index (Phi) is 6.54. The van der Waals surface area contributed by atoms with Crippen LogP contribution in [0, 0.1) is 13.8 Å². The Hall–Kier alpha value is -2.68. The number of nitrogens with zero attached hydrogens (tertiary/aromatic N) is 3. The van der Waals surface area contributed by atoms with Crippen LogP contribution < -0.4 is 5.14 Å². The van der Waals surface area contributed by atoms with Crippen molar-refractivity contribution in [2.45, 2.75) is 38.1 Å². The first-order valence-electron chi connectivity index (χ1n) is 9.68. The van der Waals surface area contributed by atoms with Crippen molar-refractivity contribution in [2.24, 2.45) is 5.14 Å². The zero-order valence-corrected chi connectivity index (χ0v) is 19.4. The number of primary sulfonamides is 1. The van der Waals surface area contributed by atoms with Crippen molar-refractivity contribution >= 4 is 27.5 Å². The second-order valence-corrected chi connectivity index (χ2v) is 9.51. The van der Waals surface area contributed by atoms with Gasteiger partial charge >= 0.3 is 0 Å². The number of hydrogen-bond acceptors (Lipinski definition) is 4. The highest BCUT2D eigenvalue weighted by molar-refractivity contribution is 7.89. The average molecular weight is 461 g/mol. The number of aryl methyl sites for hydroxylation is 1. The molecule has 0 aliphatic rings. The minimum absolute atomic E-state index is 0.0219. The van der Waals surface area contributed by atoms with Gasteiger partial charge < -0.3 is 4.90 Å². The molecule has 0 radical (unpaired) electrons. The third-order valence-corrected chi connectivity index (χ3v) is 6.65. The van der Waals surface area contributed by atoms with Crippen LogP contribution in [0.5, 0.6) is 0 Å². The Bertz CT molecular complexity index is 1220. The average Bonchev–Trinajstić information content (AvgIpc) is 3.01. The maximum Gasteiger partial charge on any atom is 0.238 e. The number of amides is 1. The summed E-state index contributed by atoms with van der Waals surface area (Å²) < 4.78 is 25.1. The van der Waals surface area contributed by atoms with Gasteiger partial charge in [0.15, 0.2) is 0 Å². The summed E-state index contributed by atoms with van der Waals surface area (Å²) in [6.45, 7) is 5.65. The van der Waals surface area contributed by atoms with E-state index in [1.807, 2.05) is 32.9 Å². The summed E-state index contributed by atoms with van der Waals surface area (Å²) in [6.07, 6.45) is 0.182. The van der Waals surface area contributed by atoms with Gasteiger partial charge in [0.05, 0.1) is 28.7 Å². The summed E-state index contributed by atoms with van der Waals surface area (Å²) >= 11 is 5.97. The molecule has 0 aliphatic heterocycles. The number of carbonyl (C=O) groups is 1. The summed E-state index contributed by atoms with van der Waals surface area (Å²) in [6, 6.07) is 13.3. The number of benzene rings is 2. The van der Waals surface area contributed by atoms with Crippen molar-refractivity contribution in [2.75, 3.05) is 7.05 Å². The third-order valence-electron chi connectivity index (χ3n) is 5.48. The van der Waals surface area contributed by atoms with Crippen molar-refractivity contribution in [3.63, 3.8) is 0 Å². The first-order chi connectivity index (χ1) is 14.5. The summed E-state index contributed by atoms with van der Waals surface area (Å²) in [5.74, 6) is -0.102. The lowest BCUT2D eigenvalue weighted by Gasteiger charge is -2.26. The molecule has 0 bridgehead atoms. The van der Waals surface area contributed by atoms with Crippen LogP contribution >= 0.6 is 11.6 Å². The van der Waals surface area contributed by atoms with E-state index in [1.165, 1.54) is 12.1 Å². The number of aromatic nitrogens is 2. The first kappa shape index (κ1) is 23.0. The molecule has 2 N–H and O–H groups in total. The summed E-state index contributed by atoms with van der Waals surface area (Å²) in [5, 5.41) is 10.5. The Labute approximate surface area is 187 Å². The Morgan fingerprint density at radius 1 is 1.19 bits per heavy atom. The van der Waals surface area contributed by atoms with Crippen LogP contribution in [-0.4, -0.2) is 36.1 Å². The third kappa shape index (κ3) is 4.98. The van der Waals surface area contributed by atoms with Gasteiger partial charge in [0.2, 0.25) is 15.9 Å². The molecule has 0 saturated heterocycles. The fourth-order valence-electron chi connectivity index (χ4n) is 3.43. The fourth-order valence-corrected chi connectivity index (χ4v) is 4.13. The number of carbonyl (C=O) groups excluding carboxylic acids is 1. The second-order valence-electron chi connectivity index (χ2n) is 7.51. The summed E-state index contributed by atoms with van der Waals surface area (Å²) in [7, 11) is -2.11. The first-order valence-corrected chi connectivity index (χ1v) is 11.6. The highest BCUT2D eigenvalue weighted by Gasteiger charge is 2.22. The number of hydrogen-bond donors (Lipinski definition) is 1. The molecular weight excluding hydrogens is 436 g/mol. The van der Waals surface area contributed by atoms with E-state index in [1.54, 1.807) is 40.9 Å². The number of nitrogens with two attached hydrogens (primary N) is 1. The predicted molar refractivity (Wildman–Crippen MR) is 121 cm³/mol. The standard InChI is InChI=1S/C22H25ClN4O3S/c1-14-21(16(3)27(25-14)19-10-8-18(23)9-11-19)13-22(28)26(4)15(2)17-6-5-7-20(12-17)31(24,29)30/h5-12,15H,13H2,1-4H3,(H2,24,29,30). The lowest BCUT2D eigenvalue weighted by atomic mass is 10.1. The van der Waals surface area contributed by atoms with Gasteiger partial charge in [0.1, 0.15) is 0 Å². The van der Waals surface area contributed by atoms with Crippen LogP contribution in [0.2, 0.25) is 5.02 Å². The Morgan fingerprint density at radius 3 is 2.45 bits per heavy atom. The molecule has 0 fully saturated rings. The van der Waals surface area contributed by atoms with E-state index in [4.69, 9.17) is 16.7 Å². The van der Waals surface area contributed by atoms with Crippen molar-refractivity contribution in [3.05, 3.63) is 76.1 Å². The molecule has 1 heterocycles. The summed E-state index contributed by atoms with van der Waals surface area (Å²) in [4.78, 5) is 14.7.